The highest BCUT2D eigenvalue weighted by molar-refractivity contribution is 7.92. The molecule has 1 N–H and O–H groups in total. The van der Waals surface area contributed by atoms with E-state index in [1.54, 1.807) is 42.5 Å². The van der Waals surface area contributed by atoms with Crippen LogP contribution >= 0.6 is 0 Å². The molecule has 1 unspecified atom stereocenters. The van der Waals surface area contributed by atoms with Crippen LogP contribution in [-0.4, -0.2) is 56.6 Å². The number of amides is 2. The zero-order valence-corrected chi connectivity index (χ0v) is 27.0. The van der Waals surface area contributed by atoms with E-state index in [9.17, 15) is 22.4 Å². The topological polar surface area (TPSA) is 96.0 Å². The number of carbonyl (C=O) groups is 2. The third kappa shape index (κ3) is 9.78. The number of nitrogens with zero attached hydrogens (tertiary/aromatic N) is 2. The molecule has 45 heavy (non-hydrogen) atoms. The Morgan fingerprint density at radius 3 is 2.31 bits per heavy atom. The molecule has 242 valence electrons. The molecule has 0 bridgehead atoms. The molecule has 0 saturated heterocycles. The van der Waals surface area contributed by atoms with E-state index in [-0.39, 0.29) is 50.2 Å². The van der Waals surface area contributed by atoms with Gasteiger partial charge in [-0.05, 0) is 49.9 Å². The van der Waals surface area contributed by atoms with Crippen molar-refractivity contribution in [3.05, 3.63) is 95.8 Å². The van der Waals surface area contributed by atoms with E-state index in [4.69, 9.17) is 4.74 Å². The van der Waals surface area contributed by atoms with Crippen LogP contribution in [0.3, 0.4) is 0 Å². The van der Waals surface area contributed by atoms with E-state index in [0.717, 1.165) is 43.9 Å². The molecule has 4 rings (SSSR count). The van der Waals surface area contributed by atoms with Crippen molar-refractivity contribution < 1.29 is 27.1 Å². The molecule has 1 aliphatic rings. The maximum absolute atomic E-state index is 14.9. The second-order valence-corrected chi connectivity index (χ2v) is 13.4. The number of para-hydroxylation sites is 2. The Bertz CT molecular complexity index is 1510. The van der Waals surface area contributed by atoms with Gasteiger partial charge in [0, 0.05) is 37.5 Å². The van der Waals surface area contributed by atoms with Gasteiger partial charge in [0.1, 0.15) is 17.6 Å². The van der Waals surface area contributed by atoms with Crippen molar-refractivity contribution in [1.82, 2.24) is 10.2 Å². The highest BCUT2D eigenvalue weighted by Crippen LogP contribution is 2.30. The van der Waals surface area contributed by atoms with Crippen LogP contribution in [0.15, 0.2) is 78.9 Å². The normalized spacial score (nSPS) is 14.4. The van der Waals surface area contributed by atoms with Crippen LogP contribution in [0.1, 0.15) is 63.0 Å². The van der Waals surface area contributed by atoms with E-state index >= 15 is 0 Å². The molecular weight excluding hydrogens is 593 g/mol. The fourth-order valence-corrected chi connectivity index (χ4v) is 6.80. The van der Waals surface area contributed by atoms with E-state index in [1.165, 1.54) is 15.3 Å². The van der Waals surface area contributed by atoms with Gasteiger partial charge >= 0.3 is 0 Å². The van der Waals surface area contributed by atoms with Crippen LogP contribution in [0.4, 0.5) is 10.1 Å². The maximum atomic E-state index is 14.9. The van der Waals surface area contributed by atoms with Gasteiger partial charge in [-0.2, -0.15) is 0 Å². The molecular formula is C35H44FN3O5S. The van der Waals surface area contributed by atoms with Gasteiger partial charge in [-0.3, -0.25) is 13.9 Å². The predicted molar refractivity (Wildman–Crippen MR) is 175 cm³/mol. The molecule has 0 radical (unpaired) electrons. The lowest BCUT2D eigenvalue weighted by Crippen LogP contribution is -2.53. The minimum atomic E-state index is -3.70. The first-order valence-corrected chi connectivity index (χ1v) is 17.6. The number of halogens is 1. The Morgan fingerprint density at radius 1 is 0.956 bits per heavy atom. The van der Waals surface area contributed by atoms with Crippen LogP contribution in [0, 0.1) is 5.82 Å². The molecule has 0 aromatic heterocycles. The maximum Gasteiger partial charge on any atom is 0.243 e. The van der Waals surface area contributed by atoms with Crippen molar-refractivity contribution in [3.8, 4) is 5.75 Å². The molecule has 8 nitrogen and oxygen atoms in total. The first kappa shape index (κ1) is 34.0. The van der Waals surface area contributed by atoms with Crippen molar-refractivity contribution in [1.29, 1.82) is 0 Å². The third-order valence-corrected chi connectivity index (χ3v) is 9.29. The number of anilines is 1. The second kappa shape index (κ2) is 16.4. The minimum Gasteiger partial charge on any atom is -0.492 e. The summed E-state index contributed by atoms with van der Waals surface area (Å²) < 4.78 is 47.5. The number of hydrogen-bond donors (Lipinski definition) is 1. The van der Waals surface area contributed by atoms with Crippen LogP contribution in [0.5, 0.6) is 5.75 Å². The number of ether oxygens (including phenoxy) is 1. The number of nitrogens with one attached hydrogen (secondary N) is 1. The summed E-state index contributed by atoms with van der Waals surface area (Å²) in [7, 11) is -3.70. The summed E-state index contributed by atoms with van der Waals surface area (Å²) in [6.07, 6.45) is 6.50. The fourth-order valence-electron chi connectivity index (χ4n) is 5.83. The molecule has 1 fully saturated rings. The first-order chi connectivity index (χ1) is 21.7. The van der Waals surface area contributed by atoms with Crippen molar-refractivity contribution in [2.24, 2.45) is 0 Å². The van der Waals surface area contributed by atoms with E-state index in [1.807, 2.05) is 37.3 Å². The van der Waals surface area contributed by atoms with Crippen molar-refractivity contribution >= 4 is 27.5 Å². The molecule has 0 spiro atoms. The molecule has 0 aliphatic heterocycles. The summed E-state index contributed by atoms with van der Waals surface area (Å²) in [6, 6.07) is 21.7. The average molecular weight is 638 g/mol. The van der Waals surface area contributed by atoms with Crippen LogP contribution < -0.4 is 14.4 Å². The number of carbonyl (C=O) groups excluding carboxylic acids is 2. The molecule has 1 atom stereocenters. The summed E-state index contributed by atoms with van der Waals surface area (Å²) in [5.74, 6) is -0.652. The second-order valence-electron chi connectivity index (χ2n) is 11.5. The molecule has 1 aliphatic carbocycles. The van der Waals surface area contributed by atoms with Crippen molar-refractivity contribution in [2.75, 3.05) is 23.7 Å². The number of rotatable bonds is 15. The van der Waals surface area contributed by atoms with Crippen LogP contribution in [0.2, 0.25) is 0 Å². The van der Waals surface area contributed by atoms with Crippen LogP contribution in [0.25, 0.3) is 0 Å². The molecule has 10 heteroatoms. The SMILES string of the molecule is CCOc1ccccc1N(CCCC(=O)N(Cc1ccccc1F)C(Cc1ccccc1)C(=O)NC1CCCCC1)S(C)(=O)=O. The van der Waals surface area contributed by atoms with Gasteiger partial charge in [-0.25, -0.2) is 12.8 Å². The lowest BCUT2D eigenvalue weighted by molar-refractivity contribution is -0.141. The third-order valence-electron chi connectivity index (χ3n) is 8.11. The smallest absolute Gasteiger partial charge is 0.243 e. The zero-order chi connectivity index (χ0) is 32.2. The number of benzene rings is 3. The van der Waals surface area contributed by atoms with Crippen molar-refractivity contribution in [2.45, 2.75) is 76.9 Å². The van der Waals surface area contributed by atoms with Gasteiger partial charge in [-0.15, -0.1) is 0 Å². The Kier molecular flexibility index (Phi) is 12.4. The predicted octanol–water partition coefficient (Wildman–Crippen LogP) is 5.86. The average Bonchev–Trinajstić information content (AvgIpc) is 3.03. The fraction of sp³-hybridized carbons (Fsp3) is 0.429. The Balaban J connectivity index is 1.60. The monoisotopic (exact) mass is 637 g/mol. The summed E-state index contributed by atoms with van der Waals surface area (Å²) in [6.45, 7) is 2.12. The largest absolute Gasteiger partial charge is 0.492 e. The summed E-state index contributed by atoms with van der Waals surface area (Å²) in [5, 5.41) is 3.18. The van der Waals surface area contributed by atoms with Gasteiger partial charge < -0.3 is 15.0 Å². The Labute approximate surface area is 266 Å². The highest BCUT2D eigenvalue weighted by Gasteiger charge is 2.32. The van der Waals surface area contributed by atoms with E-state index in [0.29, 0.717) is 23.6 Å². The minimum absolute atomic E-state index is 0.0276. The standard InChI is InChI=1S/C35H44FN3O5S/c1-3-44-33-22-13-12-21-31(33)39(45(2,42)43)24-14-23-34(40)38(26-28-17-10-11-20-30(28)36)32(25-27-15-6-4-7-16-27)35(41)37-29-18-8-5-9-19-29/h4,6-7,10-13,15-17,20-22,29,32H,3,5,8-9,14,18-19,23-26H2,1-2H3,(H,37,41). The summed E-state index contributed by atoms with van der Waals surface area (Å²) >= 11 is 0. The Morgan fingerprint density at radius 2 is 1.62 bits per heavy atom. The zero-order valence-electron chi connectivity index (χ0n) is 26.2. The molecule has 1 saturated carbocycles. The quantitative estimate of drug-likeness (QED) is 0.225. The molecule has 3 aromatic rings. The lowest BCUT2D eigenvalue weighted by Gasteiger charge is -2.34. The van der Waals surface area contributed by atoms with Gasteiger partial charge in [0.15, 0.2) is 0 Å². The van der Waals surface area contributed by atoms with Gasteiger partial charge in [0.25, 0.3) is 0 Å². The van der Waals surface area contributed by atoms with Gasteiger partial charge in [-0.1, -0.05) is 79.9 Å². The summed E-state index contributed by atoms with van der Waals surface area (Å²) in [4.78, 5) is 29.5. The van der Waals surface area contributed by atoms with Crippen molar-refractivity contribution in [3.63, 3.8) is 0 Å². The molecule has 2 amide bonds. The Hall–Kier alpha value is -3.92. The van der Waals surface area contributed by atoms with E-state index < -0.39 is 21.9 Å². The van der Waals surface area contributed by atoms with Gasteiger partial charge in [0.05, 0.1) is 18.6 Å². The molecule has 0 heterocycles. The first-order valence-electron chi connectivity index (χ1n) is 15.7. The van der Waals surface area contributed by atoms with E-state index in [2.05, 4.69) is 5.32 Å². The lowest BCUT2D eigenvalue weighted by atomic mass is 9.94. The number of sulfonamides is 1. The highest BCUT2D eigenvalue weighted by atomic mass is 32.2. The number of hydrogen-bond acceptors (Lipinski definition) is 5. The molecule has 3 aromatic carbocycles. The summed E-state index contributed by atoms with van der Waals surface area (Å²) in [5.41, 5.74) is 1.58. The van der Waals surface area contributed by atoms with Crippen LogP contribution in [-0.2, 0) is 32.6 Å². The van der Waals surface area contributed by atoms with Gasteiger partial charge in [0.2, 0.25) is 21.8 Å².